The molecule has 6 aliphatic rings. The predicted octanol–water partition coefficient (Wildman–Crippen LogP) is 6.54. The van der Waals surface area contributed by atoms with Crippen molar-refractivity contribution < 1.29 is 39.9 Å². The number of allylic oxidation sites excluding steroid dienone is 1. The molecule has 17 atom stereocenters. The van der Waals surface area contributed by atoms with E-state index >= 15 is 4.79 Å². The van der Waals surface area contributed by atoms with Gasteiger partial charge in [0.05, 0.1) is 42.0 Å². The maximum Gasteiger partial charge on any atom is 0.313 e. The average Bonchev–Trinajstić information content (AvgIpc) is 3.96. The molecule has 362 valence electrons. The van der Waals surface area contributed by atoms with Gasteiger partial charge in [0.25, 0.3) is 0 Å². The highest BCUT2D eigenvalue weighted by Gasteiger charge is 2.74. The molecule has 0 bridgehead atoms. The zero-order valence-electron chi connectivity index (χ0n) is 40.4. The van der Waals surface area contributed by atoms with Gasteiger partial charge in [-0.05, 0) is 135 Å². The number of aromatic amines is 1. The SMILES string of the molecule is CCCCC[C@@]12C[C@@H](O)[C@@H](O)C[C@]1(C)[C@H]1CC[C@]3(CCN=C(N)N)[C@@H]4[C@@H](CC#C[C@@H]([C@@H]5COC(=O)[C@H]5c5cc[nH]c5)C[C@H](CCC(C)C)[C@@H](C)[C@H](C)C[C@@H](O)[C@]4(C)O)C[C@@]3(O)C1=CC2=O. The number of fused-ring (bicyclic) bond motifs is 7. The van der Waals surface area contributed by atoms with Crippen LogP contribution in [0.15, 0.2) is 35.1 Å². The zero-order chi connectivity index (χ0) is 47.3. The second kappa shape index (κ2) is 19.1. The van der Waals surface area contributed by atoms with Crippen molar-refractivity contribution in [3.05, 3.63) is 35.7 Å². The van der Waals surface area contributed by atoms with Crippen molar-refractivity contribution in [3.8, 4) is 11.8 Å². The summed E-state index contributed by atoms with van der Waals surface area (Å²) in [6, 6.07) is 1.94. The predicted molar refractivity (Wildman–Crippen MR) is 252 cm³/mol. The number of rotatable bonds is 12. The quantitative estimate of drug-likeness (QED) is 0.0372. The van der Waals surface area contributed by atoms with Gasteiger partial charge in [-0.1, -0.05) is 73.1 Å². The van der Waals surface area contributed by atoms with Gasteiger partial charge in [0.15, 0.2) is 11.7 Å². The Balaban J connectivity index is 1.37. The first-order valence-corrected chi connectivity index (χ1v) is 25.3. The number of guanidine groups is 1. The van der Waals surface area contributed by atoms with Crippen LogP contribution < -0.4 is 11.5 Å². The van der Waals surface area contributed by atoms with Crippen LogP contribution >= 0.6 is 0 Å². The van der Waals surface area contributed by atoms with Gasteiger partial charge in [0.2, 0.25) is 0 Å². The van der Waals surface area contributed by atoms with E-state index in [9.17, 15) is 30.3 Å². The van der Waals surface area contributed by atoms with E-state index in [2.05, 4.69) is 63.4 Å². The second-order valence-electron chi connectivity index (χ2n) is 22.9. The third-order valence-corrected chi connectivity index (χ3v) is 19.0. The number of ether oxygens (including phenoxy) is 1. The number of aliphatic imine (C=N–C) groups is 1. The summed E-state index contributed by atoms with van der Waals surface area (Å²) >= 11 is 0. The molecule has 1 aromatic rings. The number of hydrogen-bond acceptors (Lipinski definition) is 9. The smallest absolute Gasteiger partial charge is 0.313 e. The zero-order valence-corrected chi connectivity index (χ0v) is 40.4. The average molecular weight is 903 g/mol. The summed E-state index contributed by atoms with van der Waals surface area (Å²) in [5.74, 6) is 5.62. The molecule has 1 saturated heterocycles. The van der Waals surface area contributed by atoms with E-state index < -0.39 is 63.5 Å². The number of aliphatic hydroxyl groups excluding tert-OH is 3. The summed E-state index contributed by atoms with van der Waals surface area (Å²) < 4.78 is 5.83. The third kappa shape index (κ3) is 8.66. The van der Waals surface area contributed by atoms with Crippen LogP contribution in [0, 0.1) is 81.3 Å². The van der Waals surface area contributed by atoms with Crippen LogP contribution in [0.3, 0.4) is 0 Å². The first-order chi connectivity index (χ1) is 30.7. The Morgan fingerprint density at radius 2 is 1.77 bits per heavy atom. The lowest BCUT2D eigenvalue weighted by Crippen LogP contribution is -2.67. The number of nitrogens with one attached hydrogen (secondary N) is 1. The van der Waals surface area contributed by atoms with E-state index in [1.54, 1.807) is 13.0 Å². The van der Waals surface area contributed by atoms with Crippen LogP contribution in [0.5, 0.6) is 0 Å². The molecule has 0 unspecified atom stereocenters. The highest BCUT2D eigenvalue weighted by molar-refractivity contribution is 5.98. The van der Waals surface area contributed by atoms with Gasteiger partial charge in [-0.3, -0.25) is 14.6 Å². The molecule has 2 heterocycles. The van der Waals surface area contributed by atoms with Gasteiger partial charge >= 0.3 is 5.97 Å². The van der Waals surface area contributed by atoms with Crippen molar-refractivity contribution in [1.29, 1.82) is 0 Å². The fourth-order valence-corrected chi connectivity index (χ4v) is 15.2. The summed E-state index contributed by atoms with van der Waals surface area (Å²) in [4.78, 5) is 36.1. The number of esters is 1. The Morgan fingerprint density at radius 3 is 2.45 bits per heavy atom. The number of nitrogens with two attached hydrogens (primary N) is 2. The van der Waals surface area contributed by atoms with Crippen molar-refractivity contribution in [3.63, 3.8) is 0 Å². The molecular formula is C53H82N4O8. The number of carbonyl (C=O) groups is 2. The summed E-state index contributed by atoms with van der Waals surface area (Å²) in [5.41, 5.74) is 7.35. The number of carbonyl (C=O) groups excluding carboxylic acids is 2. The lowest BCUT2D eigenvalue weighted by atomic mass is 9.39. The van der Waals surface area contributed by atoms with Gasteiger partial charge < -0.3 is 46.7 Å². The molecule has 65 heavy (non-hydrogen) atoms. The molecule has 5 aliphatic carbocycles. The Labute approximate surface area is 388 Å². The molecule has 0 aromatic carbocycles. The summed E-state index contributed by atoms with van der Waals surface area (Å²) in [7, 11) is 0. The van der Waals surface area contributed by atoms with Crippen LogP contribution in [0.25, 0.3) is 0 Å². The number of aliphatic hydroxyl groups is 5. The molecular weight excluding hydrogens is 821 g/mol. The van der Waals surface area contributed by atoms with Gasteiger partial charge in [-0.25, -0.2) is 0 Å². The molecule has 0 amide bonds. The largest absolute Gasteiger partial charge is 0.465 e. The molecule has 1 aliphatic heterocycles. The highest BCUT2D eigenvalue weighted by atomic mass is 16.5. The molecule has 1 aromatic heterocycles. The number of cyclic esters (lactones) is 1. The Bertz CT molecular complexity index is 1980. The normalized spacial score (nSPS) is 44.2. The number of H-pyrrole nitrogens is 1. The van der Waals surface area contributed by atoms with Crippen molar-refractivity contribution in [1.82, 2.24) is 4.98 Å². The lowest BCUT2D eigenvalue weighted by molar-refractivity contribution is -0.199. The molecule has 12 nitrogen and oxygen atoms in total. The number of aromatic nitrogens is 1. The van der Waals surface area contributed by atoms with E-state index in [1.165, 1.54) is 0 Å². The maximum atomic E-state index is 15.1. The van der Waals surface area contributed by atoms with E-state index in [0.717, 1.165) is 44.1 Å². The third-order valence-electron chi connectivity index (χ3n) is 19.0. The first-order valence-electron chi connectivity index (χ1n) is 25.3. The van der Waals surface area contributed by atoms with Gasteiger partial charge in [0.1, 0.15) is 0 Å². The van der Waals surface area contributed by atoms with Crippen LogP contribution in [0.2, 0.25) is 0 Å². The van der Waals surface area contributed by atoms with Gasteiger partial charge in [-0.2, -0.15) is 0 Å². The van der Waals surface area contributed by atoms with Crippen molar-refractivity contribution in [2.45, 2.75) is 180 Å². The number of ketones is 1. The van der Waals surface area contributed by atoms with Crippen LogP contribution in [-0.4, -0.2) is 90.9 Å². The van der Waals surface area contributed by atoms with E-state index in [0.29, 0.717) is 50.0 Å². The molecule has 0 radical (unpaired) electrons. The molecule has 10 N–H and O–H groups in total. The fraction of sp³-hybridized carbons (Fsp3) is 0.792. The van der Waals surface area contributed by atoms with Crippen LogP contribution in [0.1, 0.15) is 156 Å². The molecule has 4 fully saturated rings. The van der Waals surface area contributed by atoms with Gasteiger partial charge in [-0.15, -0.1) is 5.92 Å². The Morgan fingerprint density at radius 1 is 1.03 bits per heavy atom. The molecule has 12 heteroatoms. The van der Waals surface area contributed by atoms with Crippen molar-refractivity contribution in [2.24, 2.45) is 86.0 Å². The lowest BCUT2D eigenvalue weighted by Gasteiger charge is -2.65. The minimum atomic E-state index is -1.69. The molecule has 7 rings (SSSR count). The minimum absolute atomic E-state index is 0.00419. The van der Waals surface area contributed by atoms with E-state index in [-0.39, 0.29) is 85.6 Å². The van der Waals surface area contributed by atoms with Crippen LogP contribution in [0.4, 0.5) is 0 Å². The summed E-state index contributed by atoms with van der Waals surface area (Å²) in [6.07, 6.45) is 10.9. The summed E-state index contributed by atoms with van der Waals surface area (Å²) in [5, 5.41) is 62.4. The van der Waals surface area contributed by atoms with Crippen LogP contribution in [-0.2, 0) is 14.3 Å². The van der Waals surface area contributed by atoms with E-state index in [4.69, 9.17) is 16.2 Å². The first kappa shape index (κ1) is 49.7. The maximum absolute atomic E-state index is 15.1. The standard InChI is InChI=1S/C53H82N4O8/c1-8-9-10-18-52-28-42(59)41(58)27-49(52,6)39-16-19-51(20-22-57-48(54)55)46-36(26-53(51,64)40(39)25-44(52)61)13-11-12-35(38-30-65-47(62)45(38)37-17-21-56-29-37)24-34(15-14-31(2)3)33(5)32(4)23-43(60)50(46,7)63/h17,21,25,29,31-36,38-39,41-43,45-46,56,58-60,63-64H,8-10,13-16,18-20,22-24,26-28,30H2,1-7H3,(H4,54,55,57)/t32-,33+,34+,35-,36+,38+,39+,41+,42-,43-,45+,46-,49-,50+,51+,52+,53-/m1/s1. The summed E-state index contributed by atoms with van der Waals surface area (Å²) in [6.45, 7) is 15.3. The molecule has 0 spiro atoms. The number of hydrogen-bond donors (Lipinski definition) is 8. The monoisotopic (exact) mass is 903 g/mol. The van der Waals surface area contributed by atoms with Gasteiger partial charge in [0, 0.05) is 53.9 Å². The van der Waals surface area contributed by atoms with Crippen molar-refractivity contribution in [2.75, 3.05) is 13.2 Å². The fourth-order valence-electron chi connectivity index (χ4n) is 15.2. The van der Waals surface area contributed by atoms with E-state index in [1.807, 2.05) is 18.5 Å². The number of unbranched alkanes of at least 4 members (excludes halogenated alkanes) is 2. The second-order valence-corrected chi connectivity index (χ2v) is 22.9. The number of nitrogens with zero attached hydrogens (tertiary/aromatic N) is 1. The highest BCUT2D eigenvalue weighted by Crippen LogP contribution is 2.74. The van der Waals surface area contributed by atoms with Crippen molar-refractivity contribution >= 4 is 17.7 Å². The Kier molecular flexibility index (Phi) is 14.6. The Hall–Kier alpha value is -3.21. The topological polar surface area (TPSA) is 225 Å². The minimum Gasteiger partial charge on any atom is -0.465 e. The molecule has 3 saturated carbocycles.